The zero-order valence-electron chi connectivity index (χ0n) is 22.7. The van der Waals surface area contributed by atoms with E-state index in [0.717, 1.165) is 20.8 Å². The van der Waals surface area contributed by atoms with Crippen LogP contribution in [0.1, 0.15) is 26.3 Å². The molecule has 0 aliphatic rings. The molecule has 3 aromatic rings. The van der Waals surface area contributed by atoms with E-state index < -0.39 is 32.5 Å². The minimum absolute atomic E-state index is 0.0307. The molecule has 8 heteroatoms. The second kappa shape index (κ2) is 12.9. The van der Waals surface area contributed by atoms with E-state index in [2.05, 4.69) is 45.0 Å². The van der Waals surface area contributed by atoms with Crippen molar-refractivity contribution in [2.45, 2.75) is 44.6 Å². The maximum absolute atomic E-state index is 12.8. The van der Waals surface area contributed by atoms with Gasteiger partial charge in [-0.25, -0.2) is 9.59 Å². The molecule has 0 aliphatic carbocycles. The van der Waals surface area contributed by atoms with Crippen LogP contribution < -0.4 is 10.4 Å². The number of carbonyl (C=O) groups is 2. The molecule has 0 bridgehead atoms. The van der Waals surface area contributed by atoms with Crippen LogP contribution in [0.5, 0.6) is 0 Å². The van der Waals surface area contributed by atoms with Crippen LogP contribution in [0.4, 0.5) is 4.79 Å². The Kier molecular flexibility index (Phi) is 9.85. The number of carboxylic acids is 1. The first kappa shape index (κ1) is 29.1. The highest BCUT2D eigenvalue weighted by Crippen LogP contribution is 2.37. The number of ether oxygens (including phenoxy) is 2. The first-order valence-corrected chi connectivity index (χ1v) is 14.5. The largest absolute Gasteiger partial charge is 0.480 e. The lowest BCUT2D eigenvalue weighted by atomic mass is 10.1. The normalized spacial score (nSPS) is 13.4. The smallest absolute Gasteiger partial charge is 0.410 e. The predicted octanol–water partition coefficient (Wildman–Crippen LogP) is 4.30. The fourth-order valence-corrected chi connectivity index (χ4v) is 9.34. The maximum Gasteiger partial charge on any atom is 0.410 e. The summed E-state index contributed by atoms with van der Waals surface area (Å²) < 4.78 is 17.9. The van der Waals surface area contributed by atoms with Gasteiger partial charge in [-0.1, -0.05) is 112 Å². The number of carbonyl (C=O) groups excluding carboxylic acids is 1. The third-order valence-electron chi connectivity index (χ3n) is 6.70. The quantitative estimate of drug-likeness (QED) is 0.369. The van der Waals surface area contributed by atoms with Gasteiger partial charge in [0.15, 0.2) is 6.04 Å². The summed E-state index contributed by atoms with van der Waals surface area (Å²) in [6.07, 6.45) is -1.70. The van der Waals surface area contributed by atoms with Crippen LogP contribution in [-0.4, -0.2) is 63.3 Å². The molecule has 0 saturated heterocycles. The second-order valence-corrected chi connectivity index (χ2v) is 14.5. The van der Waals surface area contributed by atoms with Gasteiger partial charge in [0.2, 0.25) is 0 Å². The van der Waals surface area contributed by atoms with Gasteiger partial charge in [-0.3, -0.25) is 4.90 Å². The van der Waals surface area contributed by atoms with Crippen molar-refractivity contribution in [3.8, 4) is 0 Å². The van der Waals surface area contributed by atoms with Crippen LogP contribution in [0.2, 0.25) is 5.04 Å². The van der Waals surface area contributed by atoms with E-state index in [-0.39, 0.29) is 18.3 Å². The summed E-state index contributed by atoms with van der Waals surface area (Å²) in [6, 6.07) is 28.0. The molecular formula is C30H37NO6Si. The average Bonchev–Trinajstić information content (AvgIpc) is 2.92. The number of likely N-dealkylation sites (N-methyl/N-ethyl adjacent to an activating group) is 1. The molecule has 1 N–H and O–H groups in total. The van der Waals surface area contributed by atoms with E-state index in [9.17, 15) is 14.7 Å². The predicted molar refractivity (Wildman–Crippen MR) is 150 cm³/mol. The van der Waals surface area contributed by atoms with Gasteiger partial charge in [-0.05, 0) is 21.0 Å². The molecular weight excluding hydrogens is 498 g/mol. The Bertz CT molecular complexity index is 1130. The Morgan fingerprint density at radius 1 is 0.868 bits per heavy atom. The highest BCUT2D eigenvalue weighted by atomic mass is 28.4. The summed E-state index contributed by atoms with van der Waals surface area (Å²) in [4.78, 5) is 26.3. The van der Waals surface area contributed by atoms with Crippen molar-refractivity contribution in [2.75, 3.05) is 20.8 Å². The van der Waals surface area contributed by atoms with E-state index in [1.807, 2.05) is 66.7 Å². The van der Waals surface area contributed by atoms with Crippen molar-refractivity contribution < 1.29 is 28.6 Å². The van der Waals surface area contributed by atoms with Crippen LogP contribution in [0, 0.1) is 0 Å². The van der Waals surface area contributed by atoms with Gasteiger partial charge in [0.1, 0.15) is 12.7 Å². The zero-order chi connectivity index (χ0) is 27.8. The number of carboxylic acid groups (broad SMARTS) is 1. The molecule has 1 amide bonds. The Morgan fingerprint density at radius 3 is 1.76 bits per heavy atom. The fraction of sp³-hybridized carbons (Fsp3) is 0.333. The molecule has 0 radical (unpaired) electrons. The number of nitrogens with zero attached hydrogens (tertiary/aromatic N) is 1. The van der Waals surface area contributed by atoms with Gasteiger partial charge in [-0.15, -0.1) is 0 Å². The number of hydrogen-bond acceptors (Lipinski definition) is 5. The topological polar surface area (TPSA) is 85.3 Å². The molecule has 3 rings (SSSR count). The van der Waals surface area contributed by atoms with E-state index in [1.54, 1.807) is 0 Å². The second-order valence-electron chi connectivity index (χ2n) is 10.2. The SMILES string of the molecule is CO[C@@H](CO[Si](c1ccccc1)(c1ccccc1)C(C)(C)C)[C@@H](C(=O)O)N(C)C(=O)OCc1ccccc1. The molecule has 0 saturated carbocycles. The lowest BCUT2D eigenvalue weighted by Crippen LogP contribution is -2.67. The van der Waals surface area contributed by atoms with Crippen molar-refractivity contribution in [2.24, 2.45) is 0 Å². The molecule has 0 spiro atoms. The lowest BCUT2D eigenvalue weighted by molar-refractivity contribution is -0.148. The number of benzene rings is 3. The van der Waals surface area contributed by atoms with Crippen molar-refractivity contribution in [3.63, 3.8) is 0 Å². The Labute approximate surface area is 226 Å². The van der Waals surface area contributed by atoms with Crippen LogP contribution in [0.25, 0.3) is 0 Å². The fourth-order valence-electron chi connectivity index (χ4n) is 4.77. The van der Waals surface area contributed by atoms with Crippen molar-refractivity contribution in [1.82, 2.24) is 4.90 Å². The van der Waals surface area contributed by atoms with Gasteiger partial charge < -0.3 is 19.0 Å². The van der Waals surface area contributed by atoms with Crippen LogP contribution in [-0.2, 0) is 25.3 Å². The highest BCUT2D eigenvalue weighted by Gasteiger charge is 2.51. The molecule has 0 unspecified atom stereocenters. The lowest BCUT2D eigenvalue weighted by Gasteiger charge is -2.44. The van der Waals surface area contributed by atoms with Crippen LogP contribution in [0.3, 0.4) is 0 Å². The number of hydrogen-bond donors (Lipinski definition) is 1. The standard InChI is InChI=1S/C30H37NO6Si/c1-30(2,3)38(24-17-11-7-12-18-24,25-19-13-8-14-20-25)37-22-26(35-5)27(28(32)33)31(4)29(34)36-21-23-15-9-6-10-16-23/h6-20,26-27H,21-22H2,1-5H3,(H,32,33)/t26-,27-/m0/s1. The van der Waals surface area contributed by atoms with Gasteiger partial charge in [0.25, 0.3) is 8.32 Å². The summed E-state index contributed by atoms with van der Waals surface area (Å²) in [6.45, 7) is 6.43. The van der Waals surface area contributed by atoms with Crippen molar-refractivity contribution >= 4 is 30.8 Å². The maximum atomic E-state index is 12.8. The van der Waals surface area contributed by atoms with Crippen molar-refractivity contribution in [1.29, 1.82) is 0 Å². The van der Waals surface area contributed by atoms with E-state index in [0.29, 0.717) is 0 Å². The summed E-state index contributed by atoms with van der Waals surface area (Å²) in [5.41, 5.74) is 0.805. The summed E-state index contributed by atoms with van der Waals surface area (Å²) in [5, 5.41) is 12.0. The average molecular weight is 536 g/mol. The van der Waals surface area contributed by atoms with E-state index in [1.165, 1.54) is 14.2 Å². The van der Waals surface area contributed by atoms with Crippen LogP contribution >= 0.6 is 0 Å². The number of rotatable bonds is 11. The molecule has 2 atom stereocenters. The Hall–Kier alpha value is -3.46. The molecule has 202 valence electrons. The molecule has 3 aromatic carbocycles. The molecule has 0 fully saturated rings. The zero-order valence-corrected chi connectivity index (χ0v) is 23.7. The van der Waals surface area contributed by atoms with E-state index in [4.69, 9.17) is 13.9 Å². The first-order chi connectivity index (χ1) is 18.1. The van der Waals surface area contributed by atoms with Gasteiger partial charge in [-0.2, -0.15) is 0 Å². The van der Waals surface area contributed by atoms with E-state index >= 15 is 0 Å². The van der Waals surface area contributed by atoms with Crippen molar-refractivity contribution in [3.05, 3.63) is 96.6 Å². The Morgan fingerprint density at radius 2 is 1.34 bits per heavy atom. The minimum Gasteiger partial charge on any atom is -0.480 e. The first-order valence-electron chi connectivity index (χ1n) is 12.6. The van der Waals surface area contributed by atoms with Gasteiger partial charge >= 0.3 is 12.1 Å². The number of aliphatic carboxylic acids is 1. The van der Waals surface area contributed by atoms with Gasteiger partial charge in [0, 0.05) is 14.2 Å². The third-order valence-corrected chi connectivity index (χ3v) is 11.7. The number of methoxy groups -OCH3 is 1. The molecule has 7 nitrogen and oxygen atoms in total. The molecule has 0 aliphatic heterocycles. The third kappa shape index (κ3) is 6.50. The summed E-state index contributed by atoms with van der Waals surface area (Å²) in [5.74, 6) is -1.21. The monoisotopic (exact) mass is 535 g/mol. The highest BCUT2D eigenvalue weighted by molar-refractivity contribution is 6.99. The molecule has 38 heavy (non-hydrogen) atoms. The Balaban J connectivity index is 1.90. The molecule has 0 aromatic heterocycles. The van der Waals surface area contributed by atoms with Crippen LogP contribution in [0.15, 0.2) is 91.0 Å². The minimum atomic E-state index is -2.94. The summed E-state index contributed by atoms with van der Waals surface area (Å²) in [7, 11) is -0.105. The summed E-state index contributed by atoms with van der Waals surface area (Å²) >= 11 is 0. The molecule has 0 heterocycles. The number of amides is 1. The van der Waals surface area contributed by atoms with Gasteiger partial charge in [0.05, 0.1) is 6.61 Å².